The van der Waals surface area contributed by atoms with Gasteiger partial charge in [0.15, 0.2) is 0 Å². The number of nitrogens with zero attached hydrogens (tertiary/aromatic N) is 6. The van der Waals surface area contributed by atoms with Crippen LogP contribution in [0.15, 0.2) is 6.33 Å². The summed E-state index contributed by atoms with van der Waals surface area (Å²) in [6.07, 6.45) is 11.1. The Morgan fingerprint density at radius 1 is 0.825 bits per heavy atom. The van der Waals surface area contributed by atoms with Gasteiger partial charge in [-0.05, 0) is 68.1 Å². The van der Waals surface area contributed by atoms with Gasteiger partial charge in [0, 0.05) is 57.9 Å². The minimum atomic E-state index is 0.171. The van der Waals surface area contributed by atoms with Crippen LogP contribution in [-0.2, 0) is 27.3 Å². The normalized spacial score (nSPS) is 32.2. The Balaban J connectivity index is 0.890. The summed E-state index contributed by atoms with van der Waals surface area (Å²) >= 11 is 0. The molecule has 0 atom stereocenters. The molecule has 0 aromatic carbocycles. The number of nitrogens with one attached hydrogen (secondary N) is 1. The summed E-state index contributed by atoms with van der Waals surface area (Å²) in [5, 5.41) is 3.78. The second kappa shape index (κ2) is 11.2. The fourth-order valence-electron chi connectivity index (χ4n) is 9.00. The van der Waals surface area contributed by atoms with Crippen molar-refractivity contribution in [2.75, 3.05) is 84.0 Å². The number of aromatic nitrogens is 2. The van der Waals surface area contributed by atoms with Crippen molar-refractivity contribution in [3.63, 3.8) is 0 Å². The highest BCUT2D eigenvalue weighted by Gasteiger charge is 2.50. The van der Waals surface area contributed by atoms with Crippen LogP contribution in [0.2, 0.25) is 0 Å². The van der Waals surface area contributed by atoms with Gasteiger partial charge in [-0.15, -0.1) is 0 Å². The van der Waals surface area contributed by atoms with Crippen molar-refractivity contribution in [2.24, 2.45) is 23.2 Å². The first-order valence-electron chi connectivity index (χ1n) is 15.7. The van der Waals surface area contributed by atoms with Gasteiger partial charge in [-0.2, -0.15) is 0 Å². The van der Waals surface area contributed by atoms with Gasteiger partial charge in [0.05, 0.1) is 38.5 Å². The zero-order valence-corrected chi connectivity index (χ0v) is 23.9. The average Bonchev–Trinajstić information content (AvgIpc) is 2.96. The summed E-state index contributed by atoms with van der Waals surface area (Å²) in [5.74, 6) is 4.21. The Labute approximate surface area is 237 Å². The Bertz CT molecular complexity index is 1060. The zero-order chi connectivity index (χ0) is 27.1. The van der Waals surface area contributed by atoms with Crippen LogP contribution in [0, 0.1) is 23.2 Å². The van der Waals surface area contributed by atoms with Crippen LogP contribution in [0.5, 0.6) is 0 Å². The maximum absolute atomic E-state index is 13.3. The van der Waals surface area contributed by atoms with Gasteiger partial charge >= 0.3 is 0 Å². The number of morpholine rings is 1. The van der Waals surface area contributed by atoms with Crippen molar-refractivity contribution in [3.05, 3.63) is 17.6 Å². The maximum Gasteiger partial charge on any atom is 0.237 e. The molecule has 1 N–H and O–H groups in total. The lowest BCUT2D eigenvalue weighted by molar-refractivity contribution is -0.138. The van der Waals surface area contributed by atoms with Crippen LogP contribution in [0.4, 0.5) is 5.82 Å². The summed E-state index contributed by atoms with van der Waals surface area (Å²) in [6, 6.07) is 0. The van der Waals surface area contributed by atoms with Crippen molar-refractivity contribution >= 4 is 17.6 Å². The molecule has 218 valence electrons. The highest BCUT2D eigenvalue weighted by molar-refractivity contribution is 5.79. The van der Waals surface area contributed by atoms with Crippen LogP contribution in [-0.4, -0.2) is 120 Å². The number of carbonyl (C=O) groups is 2. The van der Waals surface area contributed by atoms with Crippen LogP contribution in [0.3, 0.4) is 0 Å². The molecule has 7 aliphatic rings. The molecule has 6 fully saturated rings. The van der Waals surface area contributed by atoms with Gasteiger partial charge < -0.3 is 19.9 Å². The molecular weight excluding hydrogens is 506 g/mol. The van der Waals surface area contributed by atoms with E-state index >= 15 is 0 Å². The Hall–Kier alpha value is -2.30. The van der Waals surface area contributed by atoms with E-state index in [1.807, 2.05) is 9.80 Å². The number of rotatable bonds is 7. The number of piperazine rings is 1. The standard InChI is InChI=1S/C30H45N7O3/c38-27(36-7-9-40-10-8-36)18-34-3-5-35(6-4-34)19-28(39)37-2-1-25-26(17-37)32-21-33-29(25)31-20-30-14-22-11-23(15-30)13-24(12-22)16-30/h21-24H,1-20H2,(H,31,32,33). The monoisotopic (exact) mass is 551 g/mol. The van der Waals surface area contributed by atoms with Crippen molar-refractivity contribution in [2.45, 2.75) is 51.5 Å². The van der Waals surface area contributed by atoms with Crippen LogP contribution in [0.25, 0.3) is 0 Å². The Morgan fingerprint density at radius 3 is 2.05 bits per heavy atom. The third-order valence-corrected chi connectivity index (χ3v) is 10.7. The van der Waals surface area contributed by atoms with E-state index < -0.39 is 0 Å². The molecule has 0 radical (unpaired) electrons. The van der Waals surface area contributed by atoms with Crippen LogP contribution >= 0.6 is 0 Å². The number of ether oxygens (including phenoxy) is 1. The average molecular weight is 552 g/mol. The van der Waals surface area contributed by atoms with Crippen LogP contribution < -0.4 is 5.32 Å². The first kappa shape index (κ1) is 26.6. The predicted molar refractivity (Wildman–Crippen MR) is 151 cm³/mol. The van der Waals surface area contributed by atoms with Crippen molar-refractivity contribution < 1.29 is 14.3 Å². The molecule has 4 bridgehead atoms. The number of hydrogen-bond acceptors (Lipinski definition) is 8. The highest BCUT2D eigenvalue weighted by Crippen LogP contribution is 2.59. The molecule has 3 aliphatic heterocycles. The molecule has 2 saturated heterocycles. The summed E-state index contributed by atoms with van der Waals surface area (Å²) < 4.78 is 5.36. The highest BCUT2D eigenvalue weighted by atomic mass is 16.5. The number of hydrogen-bond donors (Lipinski definition) is 1. The Kier molecular flexibility index (Phi) is 7.43. The van der Waals surface area contributed by atoms with Gasteiger partial charge in [0.1, 0.15) is 12.1 Å². The van der Waals surface area contributed by atoms with Crippen LogP contribution in [0.1, 0.15) is 49.8 Å². The van der Waals surface area contributed by atoms with Crippen molar-refractivity contribution in [3.8, 4) is 0 Å². The number of carbonyl (C=O) groups excluding carboxylic acids is 2. The molecule has 2 amide bonds. The topological polar surface area (TPSA) is 94.1 Å². The summed E-state index contributed by atoms with van der Waals surface area (Å²) in [7, 11) is 0. The van der Waals surface area contributed by atoms with E-state index in [2.05, 4.69) is 25.1 Å². The third-order valence-electron chi connectivity index (χ3n) is 10.7. The Morgan fingerprint density at radius 2 is 1.43 bits per heavy atom. The fourth-order valence-corrected chi connectivity index (χ4v) is 9.00. The van der Waals surface area contributed by atoms with Gasteiger partial charge in [-0.1, -0.05) is 0 Å². The molecule has 4 saturated carbocycles. The van der Waals surface area contributed by atoms with E-state index in [-0.39, 0.29) is 11.8 Å². The zero-order valence-electron chi connectivity index (χ0n) is 23.9. The lowest BCUT2D eigenvalue weighted by Gasteiger charge is -2.57. The van der Waals surface area contributed by atoms with E-state index in [1.165, 1.54) is 44.1 Å². The molecule has 0 spiro atoms. The third kappa shape index (κ3) is 5.59. The smallest absolute Gasteiger partial charge is 0.237 e. The molecular formula is C30H45N7O3. The van der Waals surface area contributed by atoms with Gasteiger partial charge in [0.25, 0.3) is 0 Å². The maximum atomic E-state index is 13.3. The van der Waals surface area contributed by atoms with Gasteiger partial charge in [-0.3, -0.25) is 19.4 Å². The van der Waals surface area contributed by atoms with E-state index in [0.717, 1.165) is 75.0 Å². The van der Waals surface area contributed by atoms with E-state index in [9.17, 15) is 9.59 Å². The molecule has 10 nitrogen and oxygen atoms in total. The first-order valence-corrected chi connectivity index (χ1v) is 15.7. The SMILES string of the molecule is O=C(CN1CCN(CC(=O)N2CCc3c(ncnc3NCC34CC5CC(CC(C5)C3)C4)C2)CC1)N1CCOCC1. The fraction of sp³-hybridized carbons (Fsp3) is 0.800. The molecule has 4 aliphatic carbocycles. The van der Waals surface area contributed by atoms with Crippen molar-refractivity contribution in [1.82, 2.24) is 29.6 Å². The van der Waals surface area contributed by atoms with E-state index in [0.29, 0.717) is 51.4 Å². The van der Waals surface area contributed by atoms with Gasteiger partial charge in [-0.25, -0.2) is 9.97 Å². The predicted octanol–water partition coefficient (Wildman–Crippen LogP) is 1.47. The second-order valence-corrected chi connectivity index (χ2v) is 13.5. The number of fused-ring (bicyclic) bond motifs is 1. The minimum absolute atomic E-state index is 0.171. The molecule has 4 heterocycles. The van der Waals surface area contributed by atoms with Crippen molar-refractivity contribution in [1.29, 1.82) is 0 Å². The van der Waals surface area contributed by atoms with E-state index in [4.69, 9.17) is 4.74 Å². The lowest BCUT2D eigenvalue weighted by atomic mass is 9.49. The largest absolute Gasteiger partial charge is 0.378 e. The quantitative estimate of drug-likeness (QED) is 0.545. The molecule has 8 rings (SSSR count). The minimum Gasteiger partial charge on any atom is -0.378 e. The molecule has 1 aromatic heterocycles. The lowest BCUT2D eigenvalue weighted by Crippen LogP contribution is -2.53. The molecule has 10 heteroatoms. The second-order valence-electron chi connectivity index (χ2n) is 13.5. The first-order chi connectivity index (χ1) is 19.5. The van der Waals surface area contributed by atoms with Gasteiger partial charge in [0.2, 0.25) is 11.8 Å². The van der Waals surface area contributed by atoms with E-state index in [1.54, 1.807) is 6.33 Å². The molecule has 0 unspecified atom stereocenters. The summed E-state index contributed by atoms with van der Waals surface area (Å²) in [5.41, 5.74) is 2.66. The molecule has 40 heavy (non-hydrogen) atoms. The number of amides is 2. The summed E-state index contributed by atoms with van der Waals surface area (Å²) in [6.45, 7) is 9.13. The summed E-state index contributed by atoms with van der Waals surface area (Å²) in [4.78, 5) is 43.4. The number of anilines is 1. The molecule has 1 aromatic rings.